The van der Waals surface area contributed by atoms with Crippen LogP contribution in [-0.4, -0.2) is 41.9 Å². The Morgan fingerprint density at radius 3 is 3.11 bits per heavy atom. The number of carboxylic acids is 1. The molecule has 1 fully saturated rings. The molecule has 1 aliphatic heterocycles. The molecule has 2 heterocycles. The summed E-state index contributed by atoms with van der Waals surface area (Å²) in [5, 5.41) is 9.15. The molecule has 98 valence electrons. The lowest BCUT2D eigenvalue weighted by Gasteiger charge is -2.26. The quantitative estimate of drug-likeness (QED) is 0.863. The van der Waals surface area contributed by atoms with Crippen molar-refractivity contribution in [2.24, 2.45) is 0 Å². The second kappa shape index (κ2) is 5.82. The van der Waals surface area contributed by atoms with E-state index >= 15 is 0 Å². The van der Waals surface area contributed by atoms with Gasteiger partial charge in [0.15, 0.2) is 5.69 Å². The molecule has 0 aliphatic carbocycles. The lowest BCUT2D eigenvalue weighted by Crippen LogP contribution is -2.33. The van der Waals surface area contributed by atoms with Gasteiger partial charge in [0, 0.05) is 25.9 Å². The van der Waals surface area contributed by atoms with Crippen LogP contribution in [0.15, 0.2) is 18.3 Å². The fourth-order valence-corrected chi connectivity index (χ4v) is 2.25. The number of aromatic carboxylic acids is 1. The number of ether oxygens (including phenoxy) is 1. The van der Waals surface area contributed by atoms with Gasteiger partial charge in [-0.3, -0.25) is 0 Å². The minimum atomic E-state index is -0.989. The van der Waals surface area contributed by atoms with Crippen molar-refractivity contribution in [2.45, 2.75) is 25.9 Å². The zero-order chi connectivity index (χ0) is 13.0. The van der Waals surface area contributed by atoms with Gasteiger partial charge in [0.25, 0.3) is 0 Å². The van der Waals surface area contributed by atoms with Gasteiger partial charge in [-0.15, -0.1) is 0 Å². The molecule has 0 aromatic carbocycles. The fraction of sp³-hybridized carbons (Fsp3) is 0.538. The van der Waals surface area contributed by atoms with E-state index in [1.807, 2.05) is 11.8 Å². The number of aromatic nitrogens is 1. The van der Waals surface area contributed by atoms with Gasteiger partial charge in [-0.25, -0.2) is 9.78 Å². The van der Waals surface area contributed by atoms with E-state index in [0.717, 1.165) is 32.5 Å². The molecule has 1 atom stereocenters. The van der Waals surface area contributed by atoms with Gasteiger partial charge in [-0.1, -0.05) is 0 Å². The van der Waals surface area contributed by atoms with Gasteiger partial charge in [0.1, 0.15) is 0 Å². The van der Waals surface area contributed by atoms with Crippen molar-refractivity contribution in [2.75, 3.05) is 24.6 Å². The zero-order valence-electron chi connectivity index (χ0n) is 10.5. The van der Waals surface area contributed by atoms with Gasteiger partial charge < -0.3 is 14.7 Å². The third-order valence-electron chi connectivity index (χ3n) is 3.16. The van der Waals surface area contributed by atoms with Crippen LogP contribution in [0, 0.1) is 0 Å². The number of hydrogen-bond donors (Lipinski definition) is 1. The van der Waals surface area contributed by atoms with Crippen molar-refractivity contribution in [1.29, 1.82) is 0 Å². The van der Waals surface area contributed by atoms with Crippen molar-refractivity contribution < 1.29 is 14.6 Å². The van der Waals surface area contributed by atoms with Gasteiger partial charge in [0.05, 0.1) is 11.8 Å². The topological polar surface area (TPSA) is 62.7 Å². The third kappa shape index (κ3) is 2.79. The standard InChI is InChI=1S/C13H18N2O3/c1-2-15(9-10-5-4-8-18-10)11-6-3-7-14-12(11)13(16)17/h3,6-7,10H,2,4-5,8-9H2,1H3,(H,16,17). The Morgan fingerprint density at radius 1 is 1.67 bits per heavy atom. The van der Waals surface area contributed by atoms with Crippen molar-refractivity contribution in [3.8, 4) is 0 Å². The van der Waals surface area contributed by atoms with Crippen molar-refractivity contribution in [3.63, 3.8) is 0 Å². The van der Waals surface area contributed by atoms with E-state index in [-0.39, 0.29) is 11.8 Å². The lowest BCUT2D eigenvalue weighted by atomic mass is 10.2. The number of pyridine rings is 1. The lowest BCUT2D eigenvalue weighted by molar-refractivity contribution is 0.0690. The van der Waals surface area contributed by atoms with E-state index in [1.54, 1.807) is 12.1 Å². The second-order valence-corrected chi connectivity index (χ2v) is 4.35. The van der Waals surface area contributed by atoms with Gasteiger partial charge >= 0.3 is 5.97 Å². The number of nitrogens with zero attached hydrogens (tertiary/aromatic N) is 2. The summed E-state index contributed by atoms with van der Waals surface area (Å²) in [7, 11) is 0. The predicted molar refractivity (Wildman–Crippen MR) is 68.1 cm³/mol. The maximum absolute atomic E-state index is 11.2. The first-order chi connectivity index (χ1) is 8.72. The maximum Gasteiger partial charge on any atom is 0.356 e. The summed E-state index contributed by atoms with van der Waals surface area (Å²) in [6.45, 7) is 4.28. The van der Waals surface area contributed by atoms with Crippen LogP contribution in [-0.2, 0) is 4.74 Å². The molecule has 0 saturated carbocycles. The van der Waals surface area contributed by atoms with E-state index < -0.39 is 5.97 Å². The van der Waals surface area contributed by atoms with Crippen LogP contribution >= 0.6 is 0 Å². The highest BCUT2D eigenvalue weighted by Crippen LogP contribution is 2.21. The summed E-state index contributed by atoms with van der Waals surface area (Å²) in [5.41, 5.74) is 0.778. The smallest absolute Gasteiger partial charge is 0.356 e. The Hall–Kier alpha value is -1.62. The number of anilines is 1. The van der Waals surface area contributed by atoms with E-state index in [9.17, 15) is 4.79 Å². The van der Waals surface area contributed by atoms with Crippen molar-refractivity contribution >= 4 is 11.7 Å². The average molecular weight is 250 g/mol. The molecule has 5 heteroatoms. The van der Waals surface area contributed by atoms with Crippen LogP contribution in [0.4, 0.5) is 5.69 Å². The summed E-state index contributed by atoms with van der Waals surface area (Å²) in [6, 6.07) is 3.56. The molecule has 1 N–H and O–H groups in total. The summed E-state index contributed by atoms with van der Waals surface area (Å²) >= 11 is 0. The first kappa shape index (κ1) is 12.8. The monoisotopic (exact) mass is 250 g/mol. The van der Waals surface area contributed by atoms with Crippen LogP contribution in [0.2, 0.25) is 0 Å². The molecule has 18 heavy (non-hydrogen) atoms. The number of likely N-dealkylation sites (N-methyl/N-ethyl adjacent to an activating group) is 1. The Balaban J connectivity index is 2.18. The molecule has 1 aromatic heterocycles. The minimum Gasteiger partial charge on any atom is -0.476 e. The Labute approximate surface area is 106 Å². The van der Waals surface area contributed by atoms with Crippen LogP contribution in [0.3, 0.4) is 0 Å². The molecular weight excluding hydrogens is 232 g/mol. The van der Waals surface area contributed by atoms with Crippen molar-refractivity contribution in [1.82, 2.24) is 4.98 Å². The van der Waals surface area contributed by atoms with Crippen LogP contribution in [0.1, 0.15) is 30.3 Å². The molecule has 0 radical (unpaired) electrons. The molecular formula is C13H18N2O3. The minimum absolute atomic E-state index is 0.109. The molecule has 0 spiro atoms. The molecule has 1 aromatic rings. The van der Waals surface area contributed by atoms with E-state index in [4.69, 9.17) is 9.84 Å². The maximum atomic E-state index is 11.2. The number of hydrogen-bond acceptors (Lipinski definition) is 4. The molecule has 0 bridgehead atoms. The molecule has 0 amide bonds. The summed E-state index contributed by atoms with van der Waals surface area (Å²) in [4.78, 5) is 17.1. The highest BCUT2D eigenvalue weighted by molar-refractivity contribution is 5.92. The number of carboxylic acid groups (broad SMARTS) is 1. The number of rotatable bonds is 5. The van der Waals surface area contributed by atoms with Crippen molar-refractivity contribution in [3.05, 3.63) is 24.0 Å². The van der Waals surface area contributed by atoms with Crippen LogP contribution in [0.5, 0.6) is 0 Å². The van der Waals surface area contributed by atoms with E-state index in [2.05, 4.69) is 4.98 Å². The Kier molecular flexibility index (Phi) is 4.15. The molecule has 5 nitrogen and oxygen atoms in total. The second-order valence-electron chi connectivity index (χ2n) is 4.35. The van der Waals surface area contributed by atoms with Gasteiger partial charge in [-0.05, 0) is 31.9 Å². The summed E-state index contributed by atoms with van der Waals surface area (Å²) < 4.78 is 5.60. The zero-order valence-corrected chi connectivity index (χ0v) is 10.5. The average Bonchev–Trinajstić information content (AvgIpc) is 2.88. The largest absolute Gasteiger partial charge is 0.476 e. The highest BCUT2D eigenvalue weighted by atomic mass is 16.5. The van der Waals surface area contributed by atoms with Crippen LogP contribution in [0.25, 0.3) is 0 Å². The van der Waals surface area contributed by atoms with Gasteiger partial charge in [-0.2, -0.15) is 0 Å². The van der Waals surface area contributed by atoms with E-state index in [1.165, 1.54) is 6.20 Å². The van der Waals surface area contributed by atoms with Gasteiger partial charge in [0.2, 0.25) is 0 Å². The first-order valence-corrected chi connectivity index (χ1v) is 6.27. The highest BCUT2D eigenvalue weighted by Gasteiger charge is 2.22. The normalized spacial score (nSPS) is 18.8. The Morgan fingerprint density at radius 2 is 2.50 bits per heavy atom. The summed E-state index contributed by atoms with van der Waals surface area (Å²) in [6.07, 6.45) is 3.83. The molecule has 2 rings (SSSR count). The number of carbonyl (C=O) groups is 1. The molecule has 1 aliphatic rings. The SMILES string of the molecule is CCN(CC1CCCO1)c1cccnc1C(=O)O. The first-order valence-electron chi connectivity index (χ1n) is 6.27. The molecule has 1 unspecified atom stereocenters. The summed E-state index contributed by atoms with van der Waals surface area (Å²) in [5.74, 6) is -0.989. The van der Waals surface area contributed by atoms with E-state index in [0.29, 0.717) is 5.69 Å². The van der Waals surface area contributed by atoms with Crippen LogP contribution < -0.4 is 4.90 Å². The predicted octanol–water partition coefficient (Wildman–Crippen LogP) is 1.79. The fourth-order valence-electron chi connectivity index (χ4n) is 2.25. The third-order valence-corrected chi connectivity index (χ3v) is 3.16. The Bertz CT molecular complexity index is 416. The molecule has 1 saturated heterocycles.